The quantitative estimate of drug-likeness (QED) is 0.269. The molecule has 0 aromatic heterocycles. The number of esters is 3. The number of hydrogen-bond acceptors (Lipinski definition) is 9. The molecule has 1 heterocycles. The van der Waals surface area contributed by atoms with Gasteiger partial charge in [-0.25, -0.2) is 0 Å². The highest BCUT2D eigenvalue weighted by Crippen LogP contribution is 2.62. The standard InChI is InChI=1S/C32H38O10S/c1-13(2)19-7-18(8-20(14(3)4)28(19)43(37,38)39)40-29(34)23-22-9-21-24(23)30(35)41-26(21)27(22)42-31(36)32-10-15-5-16(11-32)25(33)17(6-15)12-32/h7-8,13-17,21-24,26-27H,5-6,9-12H2,1-4H3,(H,37,38,39)/t15?,16?,17?,21?,22?,23?,24-,26?,27?,32?/m0/s1. The Bertz CT molecular complexity index is 1500. The fourth-order valence-electron chi connectivity index (χ4n) is 9.76. The predicted octanol–water partition coefficient (Wildman–Crippen LogP) is 4.20. The molecule has 43 heavy (non-hydrogen) atoms. The maximum absolute atomic E-state index is 13.8. The van der Waals surface area contributed by atoms with E-state index in [9.17, 15) is 32.1 Å². The molecule has 7 fully saturated rings. The molecule has 6 bridgehead atoms. The molecule has 8 atom stereocenters. The topological polar surface area (TPSA) is 150 Å². The van der Waals surface area contributed by atoms with Gasteiger partial charge in [0.2, 0.25) is 0 Å². The smallest absolute Gasteiger partial charge is 0.315 e. The molecular formula is C32H38O10S. The molecular weight excluding hydrogens is 576 g/mol. The van der Waals surface area contributed by atoms with Crippen molar-refractivity contribution in [1.29, 1.82) is 0 Å². The van der Waals surface area contributed by atoms with Gasteiger partial charge in [-0.1, -0.05) is 27.7 Å². The molecule has 8 rings (SSSR count). The van der Waals surface area contributed by atoms with Gasteiger partial charge in [0.1, 0.15) is 28.6 Å². The van der Waals surface area contributed by atoms with Gasteiger partial charge < -0.3 is 14.2 Å². The molecule has 232 valence electrons. The van der Waals surface area contributed by atoms with E-state index >= 15 is 0 Å². The normalized spacial score (nSPS) is 38.7. The minimum absolute atomic E-state index is 0.0890. The van der Waals surface area contributed by atoms with Gasteiger partial charge in [-0.15, -0.1) is 0 Å². The van der Waals surface area contributed by atoms with Crippen LogP contribution in [0.3, 0.4) is 0 Å². The molecule has 10 nitrogen and oxygen atoms in total. The Labute approximate surface area is 251 Å². The van der Waals surface area contributed by atoms with Crippen LogP contribution in [0.25, 0.3) is 0 Å². The highest BCUT2D eigenvalue weighted by atomic mass is 32.2. The fraction of sp³-hybridized carbons (Fsp3) is 0.688. The number of carbonyl (C=O) groups excluding carboxylic acids is 4. The van der Waals surface area contributed by atoms with Crippen molar-refractivity contribution in [3.63, 3.8) is 0 Å². The molecule has 6 aliphatic carbocycles. The zero-order chi connectivity index (χ0) is 30.7. The first kappa shape index (κ1) is 29.0. The van der Waals surface area contributed by atoms with E-state index < -0.39 is 57.4 Å². The molecule has 1 N–H and O–H groups in total. The van der Waals surface area contributed by atoms with Crippen LogP contribution in [0, 0.1) is 46.8 Å². The molecule has 7 unspecified atom stereocenters. The number of Topliss-reactive ketones (excluding diaryl/α,β-unsaturated/α-hetero) is 1. The van der Waals surface area contributed by atoms with Crippen LogP contribution in [0.2, 0.25) is 0 Å². The summed E-state index contributed by atoms with van der Waals surface area (Å²) >= 11 is 0. The van der Waals surface area contributed by atoms with Crippen LogP contribution in [-0.4, -0.2) is 48.9 Å². The summed E-state index contributed by atoms with van der Waals surface area (Å²) in [6, 6.07) is 2.90. The Morgan fingerprint density at radius 2 is 1.56 bits per heavy atom. The summed E-state index contributed by atoms with van der Waals surface area (Å²) in [4.78, 5) is 53.1. The van der Waals surface area contributed by atoms with Gasteiger partial charge >= 0.3 is 17.9 Å². The van der Waals surface area contributed by atoms with E-state index in [2.05, 4.69) is 0 Å². The van der Waals surface area contributed by atoms with Gasteiger partial charge in [-0.3, -0.25) is 23.7 Å². The number of benzene rings is 1. The predicted molar refractivity (Wildman–Crippen MR) is 149 cm³/mol. The summed E-state index contributed by atoms with van der Waals surface area (Å²) in [6.45, 7) is 7.12. The van der Waals surface area contributed by atoms with Crippen molar-refractivity contribution >= 4 is 33.8 Å². The highest BCUT2D eigenvalue weighted by Gasteiger charge is 2.71. The summed E-state index contributed by atoms with van der Waals surface area (Å²) < 4.78 is 52.4. The summed E-state index contributed by atoms with van der Waals surface area (Å²) in [5.41, 5.74) is -0.0456. The maximum Gasteiger partial charge on any atom is 0.315 e. The SMILES string of the molecule is CC(C)c1cc(OC(=O)C2C3CC4C(OC(=O)[C@@H]42)C3OC(=O)C23CC4CC(C2)C(=O)C(C4)C3)cc(C(C)C)c1S(=O)(=O)O. The van der Waals surface area contributed by atoms with Crippen molar-refractivity contribution < 1.29 is 46.4 Å². The second-order valence-corrected chi connectivity index (χ2v) is 15.9. The minimum Gasteiger partial charge on any atom is -0.458 e. The molecule has 0 radical (unpaired) electrons. The molecule has 0 spiro atoms. The molecule has 0 amide bonds. The lowest BCUT2D eigenvalue weighted by Crippen LogP contribution is -2.56. The van der Waals surface area contributed by atoms with Crippen molar-refractivity contribution in [2.24, 2.45) is 46.8 Å². The van der Waals surface area contributed by atoms with Gasteiger partial charge in [0.05, 0.1) is 17.3 Å². The second kappa shape index (κ2) is 9.60. The first-order chi connectivity index (χ1) is 20.2. The average Bonchev–Trinajstić information content (AvgIpc) is 3.54. The Morgan fingerprint density at radius 3 is 2.12 bits per heavy atom. The lowest BCUT2D eigenvalue weighted by atomic mass is 9.49. The third-order valence-corrected chi connectivity index (χ3v) is 12.3. The number of fused-ring (bicyclic) bond motifs is 1. The first-order valence-corrected chi connectivity index (χ1v) is 16.9. The largest absolute Gasteiger partial charge is 0.458 e. The summed E-state index contributed by atoms with van der Waals surface area (Å²) in [6.07, 6.45) is 2.55. The van der Waals surface area contributed by atoms with E-state index in [1.54, 1.807) is 27.7 Å². The minimum atomic E-state index is -4.54. The Hall–Kier alpha value is -2.79. The number of rotatable bonds is 7. The van der Waals surface area contributed by atoms with Gasteiger partial charge in [-0.05, 0) is 79.5 Å². The Balaban J connectivity index is 1.15. The maximum atomic E-state index is 13.8. The molecule has 1 saturated heterocycles. The summed E-state index contributed by atoms with van der Waals surface area (Å²) in [5, 5.41) is 0. The zero-order valence-electron chi connectivity index (χ0n) is 24.8. The first-order valence-electron chi connectivity index (χ1n) is 15.5. The number of carbonyl (C=O) groups is 4. The average molecular weight is 615 g/mol. The van der Waals surface area contributed by atoms with E-state index in [1.165, 1.54) is 12.1 Å². The van der Waals surface area contributed by atoms with Gasteiger partial charge in [-0.2, -0.15) is 8.42 Å². The third kappa shape index (κ3) is 4.31. The second-order valence-electron chi connectivity index (χ2n) is 14.5. The highest BCUT2D eigenvalue weighted by molar-refractivity contribution is 7.86. The van der Waals surface area contributed by atoms with Gasteiger partial charge in [0, 0.05) is 23.7 Å². The van der Waals surface area contributed by atoms with Crippen LogP contribution in [-0.2, 0) is 38.8 Å². The number of ketones is 1. The molecule has 6 saturated carbocycles. The summed E-state index contributed by atoms with van der Waals surface area (Å²) in [5.74, 6) is -3.80. The number of ether oxygens (including phenoxy) is 3. The van der Waals surface area contributed by atoms with Crippen molar-refractivity contribution in [2.75, 3.05) is 0 Å². The van der Waals surface area contributed by atoms with Crippen LogP contribution >= 0.6 is 0 Å². The Kier molecular flexibility index (Phi) is 6.47. The molecule has 1 aliphatic heterocycles. The van der Waals surface area contributed by atoms with Gasteiger partial charge in [0.15, 0.2) is 0 Å². The van der Waals surface area contributed by atoms with E-state index in [-0.39, 0.29) is 52.0 Å². The third-order valence-electron chi connectivity index (χ3n) is 11.3. The molecule has 7 aliphatic rings. The lowest BCUT2D eigenvalue weighted by Gasteiger charge is -2.54. The van der Waals surface area contributed by atoms with Crippen LogP contribution < -0.4 is 4.74 Å². The lowest BCUT2D eigenvalue weighted by molar-refractivity contribution is -0.188. The Morgan fingerprint density at radius 1 is 0.953 bits per heavy atom. The van der Waals surface area contributed by atoms with Crippen molar-refractivity contribution in [3.8, 4) is 5.75 Å². The van der Waals surface area contributed by atoms with E-state index in [0.29, 0.717) is 42.7 Å². The van der Waals surface area contributed by atoms with Crippen molar-refractivity contribution in [1.82, 2.24) is 0 Å². The van der Waals surface area contributed by atoms with E-state index in [1.807, 2.05) is 0 Å². The van der Waals surface area contributed by atoms with Crippen LogP contribution in [0.5, 0.6) is 5.75 Å². The van der Waals surface area contributed by atoms with E-state index in [4.69, 9.17) is 14.2 Å². The summed E-state index contributed by atoms with van der Waals surface area (Å²) in [7, 11) is -4.54. The van der Waals surface area contributed by atoms with Crippen LogP contribution in [0.1, 0.15) is 89.2 Å². The van der Waals surface area contributed by atoms with E-state index in [0.717, 1.165) is 12.8 Å². The van der Waals surface area contributed by atoms with Crippen LogP contribution in [0.15, 0.2) is 17.0 Å². The zero-order valence-corrected chi connectivity index (χ0v) is 25.6. The fourth-order valence-corrected chi connectivity index (χ4v) is 10.9. The monoisotopic (exact) mass is 614 g/mol. The van der Waals surface area contributed by atoms with Crippen molar-refractivity contribution in [2.45, 2.75) is 95.2 Å². The van der Waals surface area contributed by atoms with Gasteiger partial charge in [0.25, 0.3) is 10.1 Å². The molecule has 1 aromatic carbocycles. The molecule has 11 heteroatoms. The van der Waals surface area contributed by atoms with Crippen LogP contribution in [0.4, 0.5) is 0 Å². The molecule has 1 aromatic rings. The van der Waals surface area contributed by atoms with Crippen molar-refractivity contribution in [3.05, 3.63) is 23.3 Å². The number of hydrogen-bond donors (Lipinski definition) is 1.